The van der Waals surface area contributed by atoms with Gasteiger partial charge in [0.2, 0.25) is 5.91 Å². The number of carbonyl (C=O) groups is 1. The zero-order chi connectivity index (χ0) is 19.5. The monoisotopic (exact) mass is 361 g/mol. The van der Waals surface area contributed by atoms with Crippen LogP contribution in [0.5, 0.6) is 11.5 Å². The van der Waals surface area contributed by atoms with Gasteiger partial charge in [-0.05, 0) is 18.4 Å². The van der Waals surface area contributed by atoms with Crippen LogP contribution in [0.2, 0.25) is 0 Å². The van der Waals surface area contributed by atoms with Gasteiger partial charge in [-0.2, -0.15) is 0 Å². The number of methoxy groups -OCH3 is 2. The number of hydrogen-bond donors (Lipinski definition) is 1. The van der Waals surface area contributed by atoms with Crippen molar-refractivity contribution in [2.75, 3.05) is 20.8 Å². The predicted octanol–water partition coefficient (Wildman–Crippen LogP) is 2.73. The molecule has 0 unspecified atom stereocenters. The van der Waals surface area contributed by atoms with Crippen molar-refractivity contribution in [1.82, 2.24) is 14.9 Å². The Kier molecular flexibility index (Phi) is 5.90. The number of hydrogen-bond acceptors (Lipinski definition) is 5. The molecule has 0 saturated carbocycles. The molecule has 1 heterocycles. The molecule has 2 aromatic rings. The summed E-state index contributed by atoms with van der Waals surface area (Å²) < 4.78 is 10.5. The van der Waals surface area contributed by atoms with Gasteiger partial charge in [-0.3, -0.25) is 9.59 Å². The molecule has 1 aromatic carbocycles. The lowest BCUT2D eigenvalue weighted by Gasteiger charge is -2.25. The first kappa shape index (κ1) is 19.8. The Morgan fingerprint density at radius 3 is 2.35 bits per heavy atom. The largest absolute Gasteiger partial charge is 0.493 e. The van der Waals surface area contributed by atoms with Crippen LogP contribution in [0.1, 0.15) is 39.9 Å². The lowest BCUT2D eigenvalue weighted by Crippen LogP contribution is -2.34. The van der Waals surface area contributed by atoms with Gasteiger partial charge >= 0.3 is 0 Å². The summed E-state index contributed by atoms with van der Waals surface area (Å²) in [5, 5.41) is 0.412. The molecule has 7 heteroatoms. The second-order valence-corrected chi connectivity index (χ2v) is 7.38. The molecule has 0 aliphatic carbocycles. The highest BCUT2D eigenvalue weighted by Crippen LogP contribution is 2.30. The summed E-state index contributed by atoms with van der Waals surface area (Å²) in [7, 11) is 3.04. The van der Waals surface area contributed by atoms with E-state index in [0.29, 0.717) is 41.2 Å². The highest BCUT2D eigenvalue weighted by atomic mass is 16.5. The van der Waals surface area contributed by atoms with E-state index in [1.807, 2.05) is 27.7 Å². The summed E-state index contributed by atoms with van der Waals surface area (Å²) in [6, 6.07) is 3.27. The van der Waals surface area contributed by atoms with Crippen LogP contribution in [0, 0.1) is 5.41 Å². The van der Waals surface area contributed by atoms with E-state index in [4.69, 9.17) is 9.47 Å². The van der Waals surface area contributed by atoms with E-state index >= 15 is 0 Å². The van der Waals surface area contributed by atoms with Crippen molar-refractivity contribution in [2.24, 2.45) is 5.41 Å². The van der Waals surface area contributed by atoms with Gasteiger partial charge in [0.1, 0.15) is 5.82 Å². The van der Waals surface area contributed by atoms with Crippen molar-refractivity contribution in [2.45, 2.75) is 40.7 Å². The van der Waals surface area contributed by atoms with E-state index in [-0.39, 0.29) is 23.4 Å². The topological polar surface area (TPSA) is 84.5 Å². The molecule has 0 bridgehead atoms. The number of aromatic amines is 1. The molecule has 7 nitrogen and oxygen atoms in total. The number of amides is 1. The first-order valence-electron chi connectivity index (χ1n) is 8.61. The Labute approximate surface area is 153 Å². The van der Waals surface area contributed by atoms with Gasteiger partial charge in [0.05, 0.1) is 31.7 Å². The van der Waals surface area contributed by atoms with Gasteiger partial charge in [-0.15, -0.1) is 0 Å². The highest BCUT2D eigenvalue weighted by molar-refractivity contribution is 5.82. The molecule has 0 radical (unpaired) electrons. The van der Waals surface area contributed by atoms with Crippen molar-refractivity contribution in [3.63, 3.8) is 0 Å². The maximum absolute atomic E-state index is 12.5. The van der Waals surface area contributed by atoms with Crippen molar-refractivity contribution in [3.05, 3.63) is 28.3 Å². The van der Waals surface area contributed by atoms with E-state index in [9.17, 15) is 9.59 Å². The summed E-state index contributed by atoms with van der Waals surface area (Å²) in [5.74, 6) is 1.45. The molecule has 1 amide bonds. The normalized spacial score (nSPS) is 11.5. The van der Waals surface area contributed by atoms with Crippen LogP contribution in [0.15, 0.2) is 16.9 Å². The summed E-state index contributed by atoms with van der Waals surface area (Å²) in [6.45, 7) is 8.78. The van der Waals surface area contributed by atoms with Gasteiger partial charge in [-0.1, -0.05) is 20.8 Å². The fourth-order valence-electron chi connectivity index (χ4n) is 2.71. The van der Waals surface area contributed by atoms with Crippen LogP contribution in [0.25, 0.3) is 10.9 Å². The molecule has 0 atom stereocenters. The Morgan fingerprint density at radius 1 is 1.19 bits per heavy atom. The third-order valence-electron chi connectivity index (χ3n) is 4.02. The first-order valence-corrected chi connectivity index (χ1v) is 8.61. The lowest BCUT2D eigenvalue weighted by atomic mass is 9.91. The van der Waals surface area contributed by atoms with Gasteiger partial charge in [0.15, 0.2) is 11.5 Å². The number of H-pyrrole nitrogens is 1. The fraction of sp³-hybridized carbons (Fsp3) is 0.526. The van der Waals surface area contributed by atoms with Crippen molar-refractivity contribution < 1.29 is 14.3 Å². The van der Waals surface area contributed by atoms with Crippen LogP contribution >= 0.6 is 0 Å². The minimum atomic E-state index is -0.273. The molecule has 26 heavy (non-hydrogen) atoms. The zero-order valence-electron chi connectivity index (χ0n) is 16.3. The van der Waals surface area contributed by atoms with E-state index in [1.165, 1.54) is 14.2 Å². The maximum Gasteiger partial charge on any atom is 0.258 e. The average Bonchev–Trinajstić information content (AvgIpc) is 2.56. The van der Waals surface area contributed by atoms with Crippen LogP contribution in [0.3, 0.4) is 0 Å². The molecule has 0 aliphatic heterocycles. The minimum absolute atomic E-state index is 0.0371. The van der Waals surface area contributed by atoms with Crippen molar-refractivity contribution in [1.29, 1.82) is 0 Å². The molecule has 0 aliphatic rings. The van der Waals surface area contributed by atoms with Gasteiger partial charge in [0.25, 0.3) is 5.56 Å². The van der Waals surface area contributed by atoms with E-state index < -0.39 is 0 Å². The van der Waals surface area contributed by atoms with Crippen LogP contribution in [-0.4, -0.2) is 41.5 Å². The Balaban J connectivity index is 2.38. The van der Waals surface area contributed by atoms with Gasteiger partial charge in [0, 0.05) is 19.0 Å². The van der Waals surface area contributed by atoms with Gasteiger partial charge < -0.3 is 19.4 Å². The second kappa shape index (κ2) is 7.76. The molecule has 2 rings (SSSR count). The number of nitrogens with zero attached hydrogens (tertiary/aromatic N) is 2. The number of benzene rings is 1. The Bertz CT molecular complexity index is 852. The summed E-state index contributed by atoms with van der Waals surface area (Å²) in [4.78, 5) is 33.9. The lowest BCUT2D eigenvalue weighted by molar-refractivity contribution is -0.133. The predicted molar refractivity (Wildman–Crippen MR) is 101 cm³/mol. The van der Waals surface area contributed by atoms with Crippen LogP contribution in [-0.2, 0) is 11.3 Å². The summed E-state index contributed by atoms with van der Waals surface area (Å²) in [5.41, 5.74) is 0.129. The Morgan fingerprint density at radius 2 is 1.81 bits per heavy atom. The molecule has 0 saturated heterocycles. The average molecular weight is 361 g/mol. The molecular formula is C19H27N3O4. The molecule has 0 spiro atoms. The fourth-order valence-corrected chi connectivity index (χ4v) is 2.71. The quantitative estimate of drug-likeness (QED) is 0.855. The van der Waals surface area contributed by atoms with E-state index in [2.05, 4.69) is 9.97 Å². The van der Waals surface area contributed by atoms with Gasteiger partial charge in [-0.25, -0.2) is 4.98 Å². The van der Waals surface area contributed by atoms with E-state index in [0.717, 1.165) is 0 Å². The maximum atomic E-state index is 12.5. The third kappa shape index (κ3) is 4.53. The number of carbonyl (C=O) groups excluding carboxylic acids is 1. The zero-order valence-corrected chi connectivity index (χ0v) is 16.3. The third-order valence-corrected chi connectivity index (χ3v) is 4.02. The number of fused-ring (bicyclic) bond motifs is 1. The highest BCUT2D eigenvalue weighted by Gasteiger charge is 2.21. The second-order valence-electron chi connectivity index (χ2n) is 7.38. The molecule has 0 fully saturated rings. The number of aromatic nitrogens is 2. The SMILES string of the molecule is CCN(Cc1nc2cc(OC)c(OC)cc2c(=O)[nH]1)C(=O)CC(C)(C)C. The molecular weight excluding hydrogens is 334 g/mol. The van der Waals surface area contributed by atoms with Crippen molar-refractivity contribution >= 4 is 16.8 Å². The minimum Gasteiger partial charge on any atom is -0.493 e. The summed E-state index contributed by atoms with van der Waals surface area (Å²) in [6.07, 6.45) is 0.434. The number of rotatable bonds is 6. The Hall–Kier alpha value is -2.57. The summed E-state index contributed by atoms with van der Waals surface area (Å²) >= 11 is 0. The van der Waals surface area contributed by atoms with Crippen molar-refractivity contribution in [3.8, 4) is 11.5 Å². The molecule has 1 N–H and O–H groups in total. The number of ether oxygens (including phenoxy) is 2. The van der Waals surface area contributed by atoms with Crippen LogP contribution < -0.4 is 15.0 Å². The molecule has 1 aromatic heterocycles. The smallest absolute Gasteiger partial charge is 0.258 e. The van der Waals surface area contributed by atoms with Crippen LogP contribution in [0.4, 0.5) is 0 Å². The molecule has 142 valence electrons. The van der Waals surface area contributed by atoms with E-state index in [1.54, 1.807) is 17.0 Å². The standard InChI is InChI=1S/C19H27N3O4/c1-7-22(17(23)10-19(2,3)4)11-16-20-13-9-15(26-6)14(25-5)8-12(13)18(24)21-16/h8-9H,7,10-11H2,1-6H3,(H,20,21,24). The first-order chi connectivity index (χ1) is 12.2. The number of nitrogens with one attached hydrogen (secondary N) is 1.